The van der Waals surface area contributed by atoms with Crippen LogP contribution < -0.4 is 10.6 Å². The molecular formula is C5H8N2O3. The number of amides is 3. The van der Waals surface area contributed by atoms with E-state index >= 15 is 0 Å². The van der Waals surface area contributed by atoms with Crippen molar-refractivity contribution in [3.05, 3.63) is 0 Å². The summed E-state index contributed by atoms with van der Waals surface area (Å²) in [5, 5.41) is 13.3. The fraction of sp³-hybridized carbons (Fsp3) is 0.600. The summed E-state index contributed by atoms with van der Waals surface area (Å²) >= 11 is 0. The van der Waals surface area contributed by atoms with Crippen molar-refractivity contribution in [2.45, 2.75) is 19.1 Å². The number of imide groups is 1. The highest BCUT2D eigenvalue weighted by molar-refractivity contribution is 5.97. The first kappa shape index (κ1) is 7.01. The molecule has 1 unspecified atom stereocenters. The van der Waals surface area contributed by atoms with Crippen molar-refractivity contribution < 1.29 is 14.7 Å². The van der Waals surface area contributed by atoms with E-state index in [4.69, 9.17) is 5.11 Å². The predicted octanol–water partition coefficient (Wildman–Crippen LogP) is -1.08. The van der Waals surface area contributed by atoms with Crippen LogP contribution in [0.4, 0.5) is 4.79 Å². The van der Waals surface area contributed by atoms with E-state index in [-0.39, 0.29) is 6.42 Å². The minimum absolute atomic E-state index is 0.0985. The summed E-state index contributed by atoms with van der Waals surface area (Å²) in [7, 11) is 0. The molecule has 10 heavy (non-hydrogen) atoms. The Morgan fingerprint density at radius 2 is 2.20 bits per heavy atom. The van der Waals surface area contributed by atoms with Crippen LogP contribution in [0.3, 0.4) is 0 Å². The molecule has 1 atom stereocenters. The highest BCUT2D eigenvalue weighted by atomic mass is 16.3. The number of carbonyl (C=O) groups excluding carboxylic acids is 2. The van der Waals surface area contributed by atoms with E-state index in [1.165, 1.54) is 6.92 Å². The molecule has 3 N–H and O–H groups in total. The van der Waals surface area contributed by atoms with Gasteiger partial charge in [-0.15, -0.1) is 0 Å². The van der Waals surface area contributed by atoms with Gasteiger partial charge in [0.25, 0.3) is 0 Å². The van der Waals surface area contributed by atoms with Crippen LogP contribution in [0.5, 0.6) is 0 Å². The van der Waals surface area contributed by atoms with Crippen LogP contribution in [0.15, 0.2) is 0 Å². The Labute approximate surface area is 57.4 Å². The molecule has 1 aliphatic heterocycles. The third-order valence-electron chi connectivity index (χ3n) is 1.14. The lowest BCUT2D eigenvalue weighted by atomic mass is 10.1. The summed E-state index contributed by atoms with van der Waals surface area (Å²) < 4.78 is 0. The minimum Gasteiger partial charge on any atom is -0.371 e. The van der Waals surface area contributed by atoms with E-state index in [2.05, 4.69) is 5.32 Å². The summed E-state index contributed by atoms with van der Waals surface area (Å²) in [5.74, 6) is -0.464. The Bertz CT molecular complexity index is 169. The van der Waals surface area contributed by atoms with Crippen molar-refractivity contribution in [1.29, 1.82) is 0 Å². The molecule has 56 valence electrons. The topological polar surface area (TPSA) is 78.4 Å². The zero-order valence-corrected chi connectivity index (χ0v) is 5.47. The first-order valence-corrected chi connectivity index (χ1v) is 2.84. The van der Waals surface area contributed by atoms with Crippen LogP contribution in [0.1, 0.15) is 13.3 Å². The molecule has 1 rings (SSSR count). The van der Waals surface area contributed by atoms with Gasteiger partial charge in [0.15, 0.2) is 0 Å². The Morgan fingerprint density at radius 3 is 2.60 bits per heavy atom. The lowest BCUT2D eigenvalue weighted by Crippen LogP contribution is -2.59. The van der Waals surface area contributed by atoms with Gasteiger partial charge in [0, 0.05) is 0 Å². The second kappa shape index (κ2) is 1.95. The van der Waals surface area contributed by atoms with Crippen molar-refractivity contribution in [1.82, 2.24) is 10.6 Å². The monoisotopic (exact) mass is 144 g/mol. The molecule has 3 amide bonds. The zero-order chi connectivity index (χ0) is 7.78. The molecular weight excluding hydrogens is 136 g/mol. The Hall–Kier alpha value is -1.10. The van der Waals surface area contributed by atoms with Gasteiger partial charge in [0.05, 0.1) is 6.42 Å². The van der Waals surface area contributed by atoms with Gasteiger partial charge in [-0.05, 0) is 6.92 Å². The Kier molecular flexibility index (Phi) is 1.37. The molecule has 0 radical (unpaired) electrons. The summed E-state index contributed by atoms with van der Waals surface area (Å²) in [5.41, 5.74) is -1.39. The molecule has 1 heterocycles. The van der Waals surface area contributed by atoms with Crippen LogP contribution in [-0.4, -0.2) is 22.8 Å². The maximum absolute atomic E-state index is 10.6. The standard InChI is InChI=1S/C5H8N2O3/c1-5(10)2-3(8)6-4(9)7-5/h10H,2H2,1H3,(H2,6,7,8,9). The van der Waals surface area contributed by atoms with E-state index in [0.717, 1.165) is 0 Å². The number of carbonyl (C=O) groups is 2. The molecule has 5 heteroatoms. The Balaban J connectivity index is 2.68. The van der Waals surface area contributed by atoms with Crippen molar-refractivity contribution in [2.75, 3.05) is 0 Å². The maximum Gasteiger partial charge on any atom is 0.323 e. The number of hydrogen-bond acceptors (Lipinski definition) is 3. The van der Waals surface area contributed by atoms with E-state index in [1.807, 2.05) is 5.32 Å². The van der Waals surface area contributed by atoms with Crippen LogP contribution in [0.2, 0.25) is 0 Å². The SMILES string of the molecule is CC1(O)CC(=O)NC(=O)N1. The van der Waals surface area contributed by atoms with E-state index in [1.54, 1.807) is 0 Å². The van der Waals surface area contributed by atoms with Gasteiger partial charge in [-0.1, -0.05) is 0 Å². The maximum atomic E-state index is 10.6. The van der Waals surface area contributed by atoms with Crippen molar-refractivity contribution in [3.8, 4) is 0 Å². The largest absolute Gasteiger partial charge is 0.371 e. The van der Waals surface area contributed by atoms with E-state index < -0.39 is 17.7 Å². The Morgan fingerprint density at radius 1 is 1.60 bits per heavy atom. The number of rotatable bonds is 0. The molecule has 0 aromatic carbocycles. The molecule has 5 nitrogen and oxygen atoms in total. The van der Waals surface area contributed by atoms with E-state index in [9.17, 15) is 9.59 Å². The van der Waals surface area contributed by atoms with Crippen molar-refractivity contribution in [3.63, 3.8) is 0 Å². The van der Waals surface area contributed by atoms with Gasteiger partial charge in [-0.2, -0.15) is 0 Å². The second-order valence-electron chi connectivity index (χ2n) is 2.45. The molecule has 0 aromatic rings. The summed E-state index contributed by atoms with van der Waals surface area (Å²) in [6.07, 6.45) is -0.0985. The number of nitrogens with one attached hydrogen (secondary N) is 2. The summed E-state index contributed by atoms with van der Waals surface area (Å²) in [4.78, 5) is 21.0. The van der Waals surface area contributed by atoms with Crippen LogP contribution >= 0.6 is 0 Å². The quantitative estimate of drug-likeness (QED) is 0.405. The molecule has 1 saturated heterocycles. The first-order chi connectivity index (χ1) is 4.49. The van der Waals surface area contributed by atoms with Gasteiger partial charge in [0.2, 0.25) is 5.91 Å². The van der Waals surface area contributed by atoms with Crippen molar-refractivity contribution in [2.24, 2.45) is 0 Å². The normalized spacial score (nSPS) is 33.0. The van der Waals surface area contributed by atoms with Crippen molar-refractivity contribution >= 4 is 11.9 Å². The number of aliphatic hydroxyl groups is 1. The first-order valence-electron chi connectivity index (χ1n) is 2.84. The van der Waals surface area contributed by atoms with Crippen LogP contribution in [0.25, 0.3) is 0 Å². The van der Waals surface area contributed by atoms with Gasteiger partial charge in [-0.3, -0.25) is 10.1 Å². The third kappa shape index (κ3) is 1.44. The fourth-order valence-electron chi connectivity index (χ4n) is 0.803. The van der Waals surface area contributed by atoms with E-state index in [0.29, 0.717) is 0 Å². The predicted molar refractivity (Wildman–Crippen MR) is 31.9 cm³/mol. The highest BCUT2D eigenvalue weighted by Crippen LogP contribution is 2.07. The molecule has 0 bridgehead atoms. The molecule has 0 saturated carbocycles. The highest BCUT2D eigenvalue weighted by Gasteiger charge is 2.31. The van der Waals surface area contributed by atoms with Crippen LogP contribution in [0, 0.1) is 0 Å². The average molecular weight is 144 g/mol. The molecule has 1 aliphatic rings. The lowest BCUT2D eigenvalue weighted by Gasteiger charge is -2.28. The lowest BCUT2D eigenvalue weighted by molar-refractivity contribution is -0.127. The fourth-order valence-corrected chi connectivity index (χ4v) is 0.803. The molecule has 0 aliphatic carbocycles. The van der Waals surface area contributed by atoms with Gasteiger partial charge in [-0.25, -0.2) is 4.79 Å². The molecule has 0 aromatic heterocycles. The number of urea groups is 1. The van der Waals surface area contributed by atoms with Gasteiger partial charge >= 0.3 is 6.03 Å². The van der Waals surface area contributed by atoms with Crippen LogP contribution in [-0.2, 0) is 4.79 Å². The summed E-state index contributed by atoms with van der Waals surface area (Å²) in [6, 6.07) is -0.652. The number of hydrogen-bond donors (Lipinski definition) is 3. The zero-order valence-electron chi connectivity index (χ0n) is 5.47. The summed E-state index contributed by atoms with van der Waals surface area (Å²) in [6.45, 7) is 1.36. The average Bonchev–Trinajstić information content (AvgIpc) is 1.54. The third-order valence-corrected chi connectivity index (χ3v) is 1.14. The molecule has 1 fully saturated rings. The minimum atomic E-state index is -1.39. The molecule has 0 spiro atoms. The second-order valence-corrected chi connectivity index (χ2v) is 2.45. The van der Waals surface area contributed by atoms with Gasteiger partial charge < -0.3 is 10.4 Å². The van der Waals surface area contributed by atoms with Gasteiger partial charge in [0.1, 0.15) is 5.72 Å². The smallest absolute Gasteiger partial charge is 0.323 e.